The van der Waals surface area contributed by atoms with E-state index in [2.05, 4.69) is 30.8 Å². The van der Waals surface area contributed by atoms with Gasteiger partial charge in [-0.15, -0.1) is 0 Å². The Bertz CT molecular complexity index is 1110. The fourth-order valence-corrected chi connectivity index (χ4v) is 3.58. The van der Waals surface area contributed by atoms with Crippen LogP contribution in [-0.2, 0) is 11.3 Å². The zero-order chi connectivity index (χ0) is 22.7. The number of benzene rings is 1. The zero-order valence-corrected chi connectivity index (χ0v) is 17.1. The van der Waals surface area contributed by atoms with Crippen LogP contribution >= 0.6 is 0 Å². The molecule has 1 aliphatic rings. The summed E-state index contributed by atoms with van der Waals surface area (Å²) in [6.07, 6.45) is 1.54. The van der Waals surface area contributed by atoms with Crippen LogP contribution in [0.5, 0.6) is 0 Å². The van der Waals surface area contributed by atoms with Gasteiger partial charge in [-0.25, -0.2) is 17.9 Å². The van der Waals surface area contributed by atoms with Gasteiger partial charge >= 0.3 is 0 Å². The number of halogens is 3. The number of nitrogens with two attached hydrogens (primary N) is 1. The van der Waals surface area contributed by atoms with Gasteiger partial charge in [0.05, 0.1) is 23.8 Å². The van der Waals surface area contributed by atoms with E-state index in [-0.39, 0.29) is 11.8 Å². The number of nitrogen functional groups attached to an aromatic ring is 1. The van der Waals surface area contributed by atoms with E-state index in [9.17, 15) is 18.0 Å². The molecule has 1 amide bonds. The first-order chi connectivity index (χ1) is 15.4. The predicted molar refractivity (Wildman–Crippen MR) is 112 cm³/mol. The van der Waals surface area contributed by atoms with Crippen molar-refractivity contribution < 1.29 is 18.0 Å². The molecular weight excluding hydrogens is 427 g/mol. The number of carbonyl (C=O) groups is 1. The quantitative estimate of drug-likeness (QED) is 0.456. The molecule has 0 saturated carbocycles. The van der Waals surface area contributed by atoms with Gasteiger partial charge in [0, 0.05) is 38.8 Å². The lowest BCUT2D eigenvalue weighted by Crippen LogP contribution is -2.47. The van der Waals surface area contributed by atoms with E-state index in [4.69, 9.17) is 5.73 Å². The number of piperazine rings is 1. The summed E-state index contributed by atoms with van der Waals surface area (Å²) < 4.78 is 41.2. The number of rotatable bonds is 7. The maximum absolute atomic E-state index is 14.0. The van der Waals surface area contributed by atoms with Crippen LogP contribution in [-0.4, -0.2) is 70.0 Å². The van der Waals surface area contributed by atoms with Crippen LogP contribution in [0.3, 0.4) is 0 Å². The summed E-state index contributed by atoms with van der Waals surface area (Å²) >= 11 is 0. The van der Waals surface area contributed by atoms with Gasteiger partial charge in [-0.3, -0.25) is 20.5 Å². The highest BCUT2D eigenvalue weighted by molar-refractivity contribution is 5.88. The van der Waals surface area contributed by atoms with Crippen molar-refractivity contribution in [3.8, 4) is 0 Å². The van der Waals surface area contributed by atoms with Crippen molar-refractivity contribution in [1.82, 2.24) is 30.1 Å². The number of nitrogens with zero attached hydrogens (tertiary/aromatic N) is 6. The number of alkyl halides is 1. The number of hydrogen-bond donors (Lipinski definition) is 3. The molecule has 10 nitrogen and oxygen atoms in total. The van der Waals surface area contributed by atoms with Gasteiger partial charge in [-0.1, -0.05) is 0 Å². The molecule has 0 unspecified atom stereocenters. The van der Waals surface area contributed by atoms with E-state index in [1.165, 1.54) is 18.3 Å². The average molecular weight is 449 g/mol. The zero-order valence-electron chi connectivity index (χ0n) is 17.1. The Balaban J connectivity index is 1.37. The summed E-state index contributed by atoms with van der Waals surface area (Å²) in [6.45, 7) is 2.64. The van der Waals surface area contributed by atoms with Gasteiger partial charge in [0.15, 0.2) is 18.1 Å². The van der Waals surface area contributed by atoms with Gasteiger partial charge in [-0.2, -0.15) is 15.1 Å². The van der Waals surface area contributed by atoms with Crippen LogP contribution < -0.4 is 21.5 Å². The number of aromatic nitrogens is 4. The van der Waals surface area contributed by atoms with Gasteiger partial charge in [0.25, 0.3) is 5.91 Å². The van der Waals surface area contributed by atoms with Gasteiger partial charge < -0.3 is 10.6 Å². The van der Waals surface area contributed by atoms with Gasteiger partial charge in [0.2, 0.25) is 5.95 Å². The number of anilines is 3. The number of carbonyl (C=O) groups excluding carboxylic acids is 1. The van der Waals surface area contributed by atoms with Crippen molar-refractivity contribution >= 4 is 34.4 Å². The number of hydrazine groups is 1. The Hall–Kier alpha value is -3.61. The highest BCUT2D eigenvalue weighted by Gasteiger charge is 2.20. The summed E-state index contributed by atoms with van der Waals surface area (Å²) in [7, 11) is 0. The lowest BCUT2D eigenvalue weighted by molar-refractivity contribution is -0.121. The first kappa shape index (κ1) is 21.6. The molecule has 32 heavy (non-hydrogen) atoms. The molecule has 13 heteroatoms. The Labute approximate surface area is 181 Å². The minimum absolute atomic E-state index is 0.0220. The molecule has 0 atom stereocenters. The predicted octanol–water partition coefficient (Wildman–Crippen LogP) is 0.921. The molecule has 3 aromatic rings. The normalized spacial score (nSPS) is 14.7. The molecule has 1 aromatic carbocycles. The summed E-state index contributed by atoms with van der Waals surface area (Å²) in [5.41, 5.74) is 11.3. The fraction of sp³-hybridized carbons (Fsp3) is 0.368. The molecule has 0 bridgehead atoms. The van der Waals surface area contributed by atoms with Gasteiger partial charge in [0.1, 0.15) is 11.6 Å². The Morgan fingerprint density at radius 1 is 1.12 bits per heavy atom. The SMILES string of the molecule is Nc1nc(NNC(=O)CF)c2cnn(CCN3CCN(c4ccc(F)cc4F)CC3)c2n1. The van der Waals surface area contributed by atoms with Crippen LogP contribution in [0.25, 0.3) is 11.0 Å². The maximum atomic E-state index is 14.0. The van der Waals surface area contributed by atoms with Crippen molar-refractivity contribution in [3.05, 3.63) is 36.0 Å². The van der Waals surface area contributed by atoms with Crippen molar-refractivity contribution in [2.45, 2.75) is 6.54 Å². The van der Waals surface area contributed by atoms with E-state index in [1.54, 1.807) is 4.68 Å². The van der Waals surface area contributed by atoms with E-state index >= 15 is 0 Å². The molecule has 4 rings (SSSR count). The molecule has 4 N–H and O–H groups in total. The highest BCUT2D eigenvalue weighted by atomic mass is 19.1. The van der Waals surface area contributed by atoms with Crippen LogP contribution in [0.15, 0.2) is 24.4 Å². The second kappa shape index (κ2) is 9.26. The average Bonchev–Trinajstić information content (AvgIpc) is 3.19. The largest absolute Gasteiger partial charge is 0.368 e. The minimum atomic E-state index is -1.17. The first-order valence-electron chi connectivity index (χ1n) is 9.97. The van der Waals surface area contributed by atoms with Crippen molar-refractivity contribution in [3.63, 3.8) is 0 Å². The molecule has 0 aliphatic carbocycles. The summed E-state index contributed by atoms with van der Waals surface area (Å²) in [4.78, 5) is 23.5. The molecular formula is C19H22F3N9O. The topological polar surface area (TPSA) is 117 Å². The van der Waals surface area contributed by atoms with Crippen molar-refractivity contribution in [2.75, 3.05) is 55.5 Å². The van der Waals surface area contributed by atoms with E-state index in [1.807, 2.05) is 4.90 Å². The second-order valence-electron chi connectivity index (χ2n) is 7.27. The van der Waals surface area contributed by atoms with E-state index < -0.39 is 24.2 Å². The van der Waals surface area contributed by atoms with Crippen molar-refractivity contribution in [1.29, 1.82) is 0 Å². The molecule has 3 heterocycles. The Morgan fingerprint density at radius 3 is 2.62 bits per heavy atom. The lowest BCUT2D eigenvalue weighted by Gasteiger charge is -2.36. The molecule has 1 aliphatic heterocycles. The van der Waals surface area contributed by atoms with Crippen LogP contribution in [0.4, 0.5) is 30.6 Å². The van der Waals surface area contributed by atoms with Crippen LogP contribution in [0, 0.1) is 11.6 Å². The lowest BCUT2D eigenvalue weighted by atomic mass is 10.2. The Morgan fingerprint density at radius 2 is 1.91 bits per heavy atom. The first-order valence-corrected chi connectivity index (χ1v) is 9.97. The highest BCUT2D eigenvalue weighted by Crippen LogP contribution is 2.22. The summed E-state index contributed by atoms with van der Waals surface area (Å²) in [5, 5.41) is 4.84. The molecule has 1 fully saturated rings. The molecule has 1 saturated heterocycles. The van der Waals surface area contributed by atoms with Crippen molar-refractivity contribution in [2.24, 2.45) is 0 Å². The second-order valence-corrected chi connectivity index (χ2v) is 7.27. The minimum Gasteiger partial charge on any atom is -0.368 e. The van der Waals surface area contributed by atoms with Gasteiger partial charge in [-0.05, 0) is 12.1 Å². The summed E-state index contributed by atoms with van der Waals surface area (Å²) in [6, 6.07) is 3.61. The van der Waals surface area contributed by atoms with Crippen LogP contribution in [0.1, 0.15) is 0 Å². The standard InChI is InChI=1S/C19H22F3N9O/c20-10-16(32)27-28-17-13-11-24-31(18(13)26-19(23)25-17)8-5-29-3-6-30(7-4-29)15-2-1-12(21)9-14(15)22/h1-2,9,11H,3-8,10H2,(H,27,32)(H3,23,25,26,28). The number of fused-ring (bicyclic) bond motifs is 1. The summed E-state index contributed by atoms with van der Waals surface area (Å²) in [5.74, 6) is -1.81. The number of amides is 1. The third-order valence-electron chi connectivity index (χ3n) is 5.21. The molecule has 0 spiro atoms. The third-order valence-corrected chi connectivity index (χ3v) is 5.21. The van der Waals surface area contributed by atoms with E-state index in [0.717, 1.165) is 6.07 Å². The number of nitrogens with one attached hydrogen (secondary N) is 2. The Kier molecular flexibility index (Phi) is 6.25. The molecule has 0 radical (unpaired) electrons. The smallest absolute Gasteiger partial charge is 0.269 e. The molecule has 170 valence electrons. The third kappa shape index (κ3) is 4.66. The molecule has 2 aromatic heterocycles. The van der Waals surface area contributed by atoms with Crippen LogP contribution in [0.2, 0.25) is 0 Å². The van der Waals surface area contributed by atoms with E-state index in [0.29, 0.717) is 56.0 Å². The monoisotopic (exact) mass is 449 g/mol. The number of hydrogen-bond acceptors (Lipinski definition) is 8. The maximum Gasteiger partial charge on any atom is 0.269 e. The fourth-order valence-electron chi connectivity index (χ4n) is 3.58.